The van der Waals surface area contributed by atoms with Gasteiger partial charge in [-0.1, -0.05) is 44.7 Å². The maximum absolute atomic E-state index is 4.32. The van der Waals surface area contributed by atoms with Crippen molar-refractivity contribution >= 4 is 12.7 Å². The van der Waals surface area contributed by atoms with E-state index in [1.54, 1.807) is 6.20 Å². The van der Waals surface area contributed by atoms with E-state index in [2.05, 4.69) is 51.9 Å². The Morgan fingerprint density at radius 2 is 2.06 bits per heavy atom. The summed E-state index contributed by atoms with van der Waals surface area (Å²) in [5.74, 6) is 0. The first-order valence-electron chi connectivity index (χ1n) is 5.84. The molecule has 0 N–H and O–H groups in total. The van der Waals surface area contributed by atoms with Gasteiger partial charge >= 0.3 is 0 Å². The standard InChI is InChI=1S/C16H21N/c1-7-13(3)16(5,6)14(4)11-15-12(2)9-8-10-17-15/h7-11H,2,4H2,1,3,5-6H3/b13-7+,15-11+. The number of hydrogen-bond donors (Lipinski definition) is 0. The van der Waals surface area contributed by atoms with Crippen molar-refractivity contribution < 1.29 is 0 Å². The second-order valence-corrected chi connectivity index (χ2v) is 4.81. The predicted octanol–water partition coefficient (Wildman–Crippen LogP) is 2.82. The second-order valence-electron chi connectivity index (χ2n) is 4.81. The lowest BCUT2D eigenvalue weighted by molar-refractivity contribution is 0.559. The van der Waals surface area contributed by atoms with Crippen molar-refractivity contribution in [3.63, 3.8) is 0 Å². The van der Waals surface area contributed by atoms with Crippen molar-refractivity contribution in [2.24, 2.45) is 5.41 Å². The van der Waals surface area contributed by atoms with Gasteiger partial charge in [0.15, 0.2) is 0 Å². The van der Waals surface area contributed by atoms with Crippen LogP contribution in [-0.4, -0.2) is 4.98 Å². The molecular weight excluding hydrogens is 206 g/mol. The number of pyridine rings is 1. The van der Waals surface area contributed by atoms with Gasteiger partial charge in [-0.15, -0.1) is 0 Å². The van der Waals surface area contributed by atoms with Gasteiger partial charge in [0.25, 0.3) is 0 Å². The van der Waals surface area contributed by atoms with Gasteiger partial charge in [-0.25, -0.2) is 0 Å². The topological polar surface area (TPSA) is 12.9 Å². The number of aromatic nitrogens is 1. The van der Waals surface area contributed by atoms with Crippen molar-refractivity contribution in [1.29, 1.82) is 0 Å². The molecule has 0 bridgehead atoms. The van der Waals surface area contributed by atoms with E-state index in [1.165, 1.54) is 5.57 Å². The highest BCUT2D eigenvalue weighted by atomic mass is 14.6. The molecule has 1 heterocycles. The van der Waals surface area contributed by atoms with Crippen LogP contribution in [0.1, 0.15) is 27.7 Å². The van der Waals surface area contributed by atoms with Gasteiger partial charge < -0.3 is 0 Å². The van der Waals surface area contributed by atoms with Crippen LogP contribution in [0.3, 0.4) is 0 Å². The van der Waals surface area contributed by atoms with Crippen molar-refractivity contribution in [3.05, 3.63) is 52.7 Å². The summed E-state index contributed by atoms with van der Waals surface area (Å²) in [5.41, 5.74) is 2.32. The van der Waals surface area contributed by atoms with Crippen LogP contribution in [0.5, 0.6) is 0 Å². The zero-order valence-electron chi connectivity index (χ0n) is 11.2. The Morgan fingerprint density at radius 1 is 1.41 bits per heavy atom. The maximum Gasteiger partial charge on any atom is 0.0698 e. The van der Waals surface area contributed by atoms with Gasteiger partial charge in [-0.05, 0) is 36.8 Å². The van der Waals surface area contributed by atoms with Crippen molar-refractivity contribution in [2.75, 3.05) is 0 Å². The molecule has 0 aliphatic heterocycles. The zero-order valence-corrected chi connectivity index (χ0v) is 11.2. The Hall–Kier alpha value is -1.63. The molecule has 1 heteroatoms. The van der Waals surface area contributed by atoms with Gasteiger partial charge in [-0.3, -0.25) is 4.98 Å². The molecule has 0 aromatic carbocycles. The fourth-order valence-corrected chi connectivity index (χ4v) is 1.54. The van der Waals surface area contributed by atoms with E-state index in [0.717, 1.165) is 16.1 Å². The normalized spacial score (nSPS) is 13.9. The molecule has 0 atom stereocenters. The van der Waals surface area contributed by atoms with Crippen LogP contribution in [0.2, 0.25) is 0 Å². The molecule has 0 saturated heterocycles. The minimum Gasteiger partial charge on any atom is -0.256 e. The van der Waals surface area contributed by atoms with Gasteiger partial charge in [-0.2, -0.15) is 0 Å². The Morgan fingerprint density at radius 3 is 2.59 bits per heavy atom. The lowest BCUT2D eigenvalue weighted by Gasteiger charge is -2.26. The van der Waals surface area contributed by atoms with E-state index in [9.17, 15) is 0 Å². The van der Waals surface area contributed by atoms with Crippen LogP contribution in [0.4, 0.5) is 0 Å². The van der Waals surface area contributed by atoms with Crippen LogP contribution in [-0.2, 0) is 0 Å². The van der Waals surface area contributed by atoms with E-state index in [0.29, 0.717) is 0 Å². The molecule has 1 aromatic rings. The minimum atomic E-state index is -0.0429. The summed E-state index contributed by atoms with van der Waals surface area (Å²) in [4.78, 5) is 4.32. The molecule has 0 fully saturated rings. The SMILES string of the molecule is C=C(/C=c1/ncccc1=C)C(C)(C)/C(C)=C/C. The average Bonchev–Trinajstić information content (AvgIpc) is 2.30. The Kier molecular flexibility index (Phi) is 4.06. The first-order chi connectivity index (χ1) is 7.89. The fourth-order valence-electron chi connectivity index (χ4n) is 1.54. The van der Waals surface area contributed by atoms with Crippen molar-refractivity contribution in [2.45, 2.75) is 27.7 Å². The highest BCUT2D eigenvalue weighted by Crippen LogP contribution is 2.33. The Balaban J connectivity index is 3.22. The van der Waals surface area contributed by atoms with E-state index in [4.69, 9.17) is 0 Å². The first kappa shape index (κ1) is 13.4. The van der Waals surface area contributed by atoms with Crippen molar-refractivity contribution in [1.82, 2.24) is 4.98 Å². The van der Waals surface area contributed by atoms with Crippen LogP contribution in [0.25, 0.3) is 12.7 Å². The molecular formula is C16H21N. The van der Waals surface area contributed by atoms with E-state index < -0.39 is 0 Å². The fraction of sp³-hybridized carbons (Fsp3) is 0.312. The molecule has 0 amide bonds. The Bertz CT molecular complexity index is 547. The molecule has 1 nitrogen and oxygen atoms in total. The van der Waals surface area contributed by atoms with Crippen LogP contribution in [0.15, 0.2) is 42.1 Å². The van der Waals surface area contributed by atoms with E-state index in [1.807, 2.05) is 18.2 Å². The third-order valence-corrected chi connectivity index (χ3v) is 3.46. The lowest BCUT2D eigenvalue weighted by Crippen LogP contribution is -2.27. The number of rotatable bonds is 3. The third kappa shape index (κ3) is 2.94. The maximum atomic E-state index is 4.32. The van der Waals surface area contributed by atoms with Crippen LogP contribution >= 0.6 is 0 Å². The summed E-state index contributed by atoms with van der Waals surface area (Å²) in [5, 5.41) is 1.83. The summed E-state index contributed by atoms with van der Waals surface area (Å²) in [6.45, 7) is 16.7. The van der Waals surface area contributed by atoms with Crippen LogP contribution < -0.4 is 10.6 Å². The molecule has 0 spiro atoms. The monoisotopic (exact) mass is 227 g/mol. The summed E-state index contributed by atoms with van der Waals surface area (Å²) in [6.07, 6.45) is 5.93. The summed E-state index contributed by atoms with van der Waals surface area (Å²) >= 11 is 0. The molecule has 0 radical (unpaired) electrons. The van der Waals surface area contributed by atoms with Crippen molar-refractivity contribution in [3.8, 4) is 0 Å². The zero-order chi connectivity index (χ0) is 13.1. The molecule has 1 rings (SSSR count). The van der Waals surface area contributed by atoms with Gasteiger partial charge in [0, 0.05) is 11.6 Å². The molecule has 1 aromatic heterocycles. The number of hydrogen-bond acceptors (Lipinski definition) is 1. The largest absolute Gasteiger partial charge is 0.256 e. The Labute approximate surface area is 104 Å². The van der Waals surface area contributed by atoms with E-state index in [-0.39, 0.29) is 5.41 Å². The molecule has 0 unspecified atom stereocenters. The molecule has 0 aliphatic rings. The first-order valence-corrected chi connectivity index (χ1v) is 5.84. The second kappa shape index (κ2) is 5.13. The highest BCUT2D eigenvalue weighted by molar-refractivity contribution is 5.50. The molecule has 0 saturated carbocycles. The summed E-state index contributed by atoms with van der Waals surface area (Å²) in [7, 11) is 0. The number of allylic oxidation sites excluding steroid dienone is 3. The highest BCUT2D eigenvalue weighted by Gasteiger charge is 2.21. The average molecular weight is 227 g/mol. The van der Waals surface area contributed by atoms with Crippen LogP contribution in [0, 0.1) is 5.41 Å². The molecule has 17 heavy (non-hydrogen) atoms. The third-order valence-electron chi connectivity index (χ3n) is 3.46. The van der Waals surface area contributed by atoms with Gasteiger partial charge in [0.2, 0.25) is 0 Å². The molecule has 90 valence electrons. The smallest absolute Gasteiger partial charge is 0.0698 e. The minimum absolute atomic E-state index is 0.0429. The summed E-state index contributed by atoms with van der Waals surface area (Å²) in [6, 6.07) is 3.85. The lowest BCUT2D eigenvalue weighted by atomic mass is 9.78. The molecule has 0 aliphatic carbocycles. The van der Waals surface area contributed by atoms with E-state index >= 15 is 0 Å². The van der Waals surface area contributed by atoms with Gasteiger partial charge in [0.1, 0.15) is 0 Å². The summed E-state index contributed by atoms with van der Waals surface area (Å²) < 4.78 is 0. The quantitative estimate of drug-likeness (QED) is 0.724. The number of nitrogens with zero attached hydrogens (tertiary/aromatic N) is 1. The predicted molar refractivity (Wildman–Crippen MR) is 75.8 cm³/mol. The van der Waals surface area contributed by atoms with Gasteiger partial charge in [0.05, 0.1) is 5.35 Å².